The summed E-state index contributed by atoms with van der Waals surface area (Å²) >= 11 is 5.95. The first-order valence-corrected chi connectivity index (χ1v) is 9.00. The first kappa shape index (κ1) is 18.9. The molecule has 2 aromatic carbocycles. The molecule has 27 heavy (non-hydrogen) atoms. The van der Waals surface area contributed by atoms with E-state index < -0.39 is 0 Å². The molecule has 7 heteroatoms. The molecule has 0 aliphatic heterocycles. The molecule has 0 atom stereocenters. The van der Waals surface area contributed by atoms with Crippen molar-refractivity contribution in [1.82, 2.24) is 15.5 Å². The average molecular weight is 386 g/mol. The van der Waals surface area contributed by atoms with Gasteiger partial charge in [0.15, 0.2) is 0 Å². The number of rotatable bonds is 8. The summed E-state index contributed by atoms with van der Waals surface area (Å²) < 4.78 is 10.4. The lowest BCUT2D eigenvalue weighted by Crippen LogP contribution is -2.25. The Morgan fingerprint density at radius 3 is 2.74 bits per heavy atom. The minimum absolute atomic E-state index is 0.0544. The molecule has 1 N–H and O–H groups in total. The van der Waals surface area contributed by atoms with Gasteiger partial charge in [0.1, 0.15) is 5.75 Å². The second-order valence-electron chi connectivity index (χ2n) is 5.97. The van der Waals surface area contributed by atoms with Crippen molar-refractivity contribution < 1.29 is 14.1 Å². The van der Waals surface area contributed by atoms with E-state index in [-0.39, 0.29) is 5.91 Å². The van der Waals surface area contributed by atoms with Gasteiger partial charge < -0.3 is 14.6 Å². The maximum absolute atomic E-state index is 12.0. The molecule has 0 saturated carbocycles. The first-order chi connectivity index (χ1) is 13.1. The van der Waals surface area contributed by atoms with E-state index in [9.17, 15) is 4.79 Å². The topological polar surface area (TPSA) is 77.2 Å². The summed E-state index contributed by atoms with van der Waals surface area (Å²) in [6.07, 6.45) is 1.42. The highest BCUT2D eigenvalue weighted by atomic mass is 35.5. The second-order valence-corrected chi connectivity index (χ2v) is 6.41. The van der Waals surface area contributed by atoms with Crippen LogP contribution in [0, 0.1) is 0 Å². The van der Waals surface area contributed by atoms with Gasteiger partial charge in [-0.2, -0.15) is 4.98 Å². The van der Waals surface area contributed by atoms with E-state index in [1.165, 1.54) is 0 Å². The number of nitrogens with one attached hydrogen (secondary N) is 1. The Morgan fingerprint density at radius 2 is 2.00 bits per heavy atom. The fourth-order valence-electron chi connectivity index (χ4n) is 2.56. The number of benzene rings is 2. The summed E-state index contributed by atoms with van der Waals surface area (Å²) in [6, 6.07) is 15.0. The largest absolute Gasteiger partial charge is 0.497 e. The minimum Gasteiger partial charge on any atom is -0.497 e. The second kappa shape index (κ2) is 9.19. The number of nitrogens with zero attached hydrogens (tertiary/aromatic N) is 2. The number of aromatic nitrogens is 2. The van der Waals surface area contributed by atoms with Crippen LogP contribution in [-0.2, 0) is 17.6 Å². The van der Waals surface area contributed by atoms with Crippen molar-refractivity contribution in [2.24, 2.45) is 0 Å². The van der Waals surface area contributed by atoms with Gasteiger partial charge in [-0.25, -0.2) is 0 Å². The number of hydrogen-bond acceptors (Lipinski definition) is 5. The van der Waals surface area contributed by atoms with Crippen LogP contribution < -0.4 is 10.1 Å². The van der Waals surface area contributed by atoms with Gasteiger partial charge in [0, 0.05) is 30.0 Å². The molecule has 1 heterocycles. The zero-order valence-electron chi connectivity index (χ0n) is 14.9. The van der Waals surface area contributed by atoms with E-state index in [1.807, 2.05) is 48.5 Å². The quantitative estimate of drug-likeness (QED) is 0.639. The lowest BCUT2D eigenvalue weighted by Gasteiger charge is -2.04. The standard InChI is InChI=1S/C20H20ClN3O3/c1-26-17-7-5-15(6-8-17)20-23-19(27-24-20)10-9-18(25)22-12-11-14-3-2-4-16(21)13-14/h2-8,13H,9-12H2,1H3,(H,22,25). The Hall–Kier alpha value is -2.86. The summed E-state index contributed by atoms with van der Waals surface area (Å²) in [5.74, 6) is 1.64. The van der Waals surface area contributed by atoms with Gasteiger partial charge in [-0.15, -0.1) is 0 Å². The van der Waals surface area contributed by atoms with Crippen LogP contribution in [0.25, 0.3) is 11.4 Å². The Labute approximate surface area is 162 Å². The third kappa shape index (κ3) is 5.56. The number of aryl methyl sites for hydroxylation is 1. The molecular formula is C20H20ClN3O3. The van der Waals surface area contributed by atoms with E-state index in [0.717, 1.165) is 23.3 Å². The normalized spacial score (nSPS) is 10.6. The maximum atomic E-state index is 12.0. The fraction of sp³-hybridized carbons (Fsp3) is 0.250. The SMILES string of the molecule is COc1ccc(-c2noc(CCC(=O)NCCc3cccc(Cl)c3)n2)cc1. The van der Waals surface area contributed by atoms with Crippen LogP contribution >= 0.6 is 11.6 Å². The Morgan fingerprint density at radius 1 is 1.19 bits per heavy atom. The highest BCUT2D eigenvalue weighted by Crippen LogP contribution is 2.20. The number of carbonyl (C=O) groups is 1. The highest BCUT2D eigenvalue weighted by Gasteiger charge is 2.11. The third-order valence-electron chi connectivity index (χ3n) is 4.01. The smallest absolute Gasteiger partial charge is 0.227 e. The number of amides is 1. The van der Waals surface area contributed by atoms with Crippen molar-refractivity contribution in [3.63, 3.8) is 0 Å². The van der Waals surface area contributed by atoms with Gasteiger partial charge >= 0.3 is 0 Å². The summed E-state index contributed by atoms with van der Waals surface area (Å²) in [4.78, 5) is 16.3. The molecule has 1 amide bonds. The zero-order chi connectivity index (χ0) is 19.1. The lowest BCUT2D eigenvalue weighted by atomic mass is 10.1. The van der Waals surface area contributed by atoms with Crippen LogP contribution in [0.1, 0.15) is 17.9 Å². The van der Waals surface area contributed by atoms with Crippen molar-refractivity contribution in [2.45, 2.75) is 19.3 Å². The van der Waals surface area contributed by atoms with E-state index in [1.54, 1.807) is 7.11 Å². The van der Waals surface area contributed by atoms with Crippen molar-refractivity contribution in [3.05, 3.63) is 65.0 Å². The lowest BCUT2D eigenvalue weighted by molar-refractivity contribution is -0.121. The van der Waals surface area contributed by atoms with Crippen molar-refractivity contribution in [1.29, 1.82) is 0 Å². The number of ether oxygens (including phenoxy) is 1. The summed E-state index contributed by atoms with van der Waals surface area (Å²) in [7, 11) is 1.61. The van der Waals surface area contributed by atoms with Crippen molar-refractivity contribution in [3.8, 4) is 17.1 Å². The van der Waals surface area contributed by atoms with Crippen molar-refractivity contribution in [2.75, 3.05) is 13.7 Å². The molecule has 0 bridgehead atoms. The van der Waals surface area contributed by atoms with E-state index >= 15 is 0 Å². The average Bonchev–Trinajstić information content (AvgIpc) is 3.16. The Balaban J connectivity index is 1.44. The number of carbonyl (C=O) groups excluding carboxylic acids is 1. The molecule has 0 spiro atoms. The summed E-state index contributed by atoms with van der Waals surface area (Å²) in [5, 5.41) is 7.54. The molecular weight excluding hydrogens is 366 g/mol. The van der Waals surface area contributed by atoms with Gasteiger partial charge in [0.05, 0.1) is 7.11 Å². The maximum Gasteiger partial charge on any atom is 0.227 e. The van der Waals surface area contributed by atoms with Crippen LogP contribution in [0.15, 0.2) is 53.1 Å². The third-order valence-corrected chi connectivity index (χ3v) is 4.24. The summed E-state index contributed by atoms with van der Waals surface area (Å²) in [5.41, 5.74) is 1.92. The molecule has 0 aliphatic rings. The van der Waals surface area contributed by atoms with E-state index in [0.29, 0.717) is 36.1 Å². The number of hydrogen-bond donors (Lipinski definition) is 1. The predicted octanol–water partition coefficient (Wildman–Crippen LogP) is 3.69. The molecule has 3 aromatic rings. The van der Waals surface area contributed by atoms with E-state index in [2.05, 4.69) is 15.5 Å². The summed E-state index contributed by atoms with van der Waals surface area (Å²) in [6.45, 7) is 0.556. The van der Waals surface area contributed by atoms with Gasteiger partial charge in [-0.3, -0.25) is 4.79 Å². The van der Waals surface area contributed by atoms with Gasteiger partial charge in [0.2, 0.25) is 17.6 Å². The number of halogens is 1. The molecule has 0 radical (unpaired) electrons. The van der Waals surface area contributed by atoms with Gasteiger partial charge in [-0.05, 0) is 48.4 Å². The number of methoxy groups -OCH3 is 1. The molecule has 6 nitrogen and oxygen atoms in total. The fourth-order valence-corrected chi connectivity index (χ4v) is 2.77. The van der Waals surface area contributed by atoms with E-state index in [4.69, 9.17) is 20.9 Å². The monoisotopic (exact) mass is 385 g/mol. The Kier molecular flexibility index (Phi) is 6.44. The predicted molar refractivity (Wildman–Crippen MR) is 103 cm³/mol. The van der Waals surface area contributed by atoms with Crippen LogP contribution in [0.2, 0.25) is 5.02 Å². The molecule has 140 valence electrons. The molecule has 0 aliphatic carbocycles. The van der Waals surface area contributed by atoms with Crippen LogP contribution in [-0.4, -0.2) is 29.7 Å². The zero-order valence-corrected chi connectivity index (χ0v) is 15.7. The molecule has 0 saturated heterocycles. The van der Waals surface area contributed by atoms with Crippen LogP contribution in [0.4, 0.5) is 0 Å². The molecule has 0 unspecified atom stereocenters. The van der Waals surface area contributed by atoms with Gasteiger partial charge in [0.25, 0.3) is 0 Å². The molecule has 1 aromatic heterocycles. The Bertz CT molecular complexity index is 893. The van der Waals surface area contributed by atoms with Crippen LogP contribution in [0.3, 0.4) is 0 Å². The minimum atomic E-state index is -0.0544. The van der Waals surface area contributed by atoms with Crippen LogP contribution in [0.5, 0.6) is 5.75 Å². The molecule has 0 fully saturated rings. The van der Waals surface area contributed by atoms with Gasteiger partial charge in [-0.1, -0.05) is 28.9 Å². The van der Waals surface area contributed by atoms with Crippen molar-refractivity contribution >= 4 is 17.5 Å². The highest BCUT2D eigenvalue weighted by molar-refractivity contribution is 6.30. The molecule has 3 rings (SSSR count). The first-order valence-electron chi connectivity index (χ1n) is 8.62.